The highest BCUT2D eigenvalue weighted by atomic mass is 16.6. The number of ether oxygens (including phenoxy) is 1. The third kappa shape index (κ3) is 4.54. The molecule has 6 nitrogen and oxygen atoms in total. The van der Waals surface area contributed by atoms with Gasteiger partial charge in [-0.15, -0.1) is 0 Å². The van der Waals surface area contributed by atoms with Crippen molar-refractivity contribution in [3.63, 3.8) is 0 Å². The van der Waals surface area contributed by atoms with Crippen LogP contribution in [-0.4, -0.2) is 18.0 Å². The van der Waals surface area contributed by atoms with Gasteiger partial charge >= 0.3 is 5.97 Å². The van der Waals surface area contributed by atoms with Gasteiger partial charge in [-0.1, -0.05) is 19.1 Å². The molecule has 0 saturated heterocycles. The Morgan fingerprint density at radius 3 is 2.13 bits per heavy atom. The second kappa shape index (κ2) is 7.40. The lowest BCUT2D eigenvalue weighted by Crippen LogP contribution is -2.15. The number of nitrogens with one attached hydrogen (secondary N) is 1. The standard InChI is InChI=1S/C17H18N2O4/c1-12(17(20)23-2)11-13-3-5-14(6-4-13)18-15-7-9-16(10-8-15)19(21)22/h3-10,12,18H,11H2,1-2H3. The zero-order valence-electron chi connectivity index (χ0n) is 13.0. The molecule has 120 valence electrons. The fraction of sp³-hybridized carbons (Fsp3) is 0.235. The second-order valence-electron chi connectivity index (χ2n) is 5.25. The SMILES string of the molecule is COC(=O)C(C)Cc1ccc(Nc2ccc([N+](=O)[O-])cc2)cc1. The summed E-state index contributed by atoms with van der Waals surface area (Å²) in [4.78, 5) is 21.6. The van der Waals surface area contributed by atoms with Crippen LogP contribution in [0.2, 0.25) is 0 Å². The molecular formula is C17H18N2O4. The first-order chi connectivity index (χ1) is 11.0. The molecule has 0 amide bonds. The minimum Gasteiger partial charge on any atom is -0.469 e. The molecule has 0 saturated carbocycles. The molecule has 0 fully saturated rings. The number of carbonyl (C=O) groups is 1. The van der Waals surface area contributed by atoms with Gasteiger partial charge in [0.15, 0.2) is 0 Å². The highest BCUT2D eigenvalue weighted by molar-refractivity contribution is 5.72. The van der Waals surface area contributed by atoms with Crippen molar-refractivity contribution in [2.75, 3.05) is 12.4 Å². The van der Waals surface area contributed by atoms with Crippen LogP contribution in [0.15, 0.2) is 48.5 Å². The summed E-state index contributed by atoms with van der Waals surface area (Å²) in [5, 5.41) is 13.8. The number of hydrogen-bond acceptors (Lipinski definition) is 5. The number of non-ortho nitro benzene ring substituents is 1. The summed E-state index contributed by atoms with van der Waals surface area (Å²) in [5.74, 6) is -0.411. The Balaban J connectivity index is 1.99. The van der Waals surface area contributed by atoms with Crippen LogP contribution in [0, 0.1) is 16.0 Å². The summed E-state index contributed by atoms with van der Waals surface area (Å²) in [6, 6.07) is 13.9. The van der Waals surface area contributed by atoms with E-state index in [2.05, 4.69) is 5.32 Å². The van der Waals surface area contributed by atoms with E-state index in [0.717, 1.165) is 16.9 Å². The molecule has 2 rings (SSSR count). The smallest absolute Gasteiger partial charge is 0.308 e. The van der Waals surface area contributed by atoms with Gasteiger partial charge in [0.25, 0.3) is 5.69 Å². The second-order valence-corrected chi connectivity index (χ2v) is 5.25. The number of nitro groups is 1. The van der Waals surface area contributed by atoms with Crippen molar-refractivity contribution in [1.82, 2.24) is 0 Å². The molecule has 0 heterocycles. The van der Waals surface area contributed by atoms with Crippen molar-refractivity contribution in [2.45, 2.75) is 13.3 Å². The fourth-order valence-corrected chi connectivity index (χ4v) is 2.20. The lowest BCUT2D eigenvalue weighted by atomic mass is 10.0. The molecule has 1 N–H and O–H groups in total. The Labute approximate surface area is 134 Å². The Morgan fingerprint density at radius 1 is 1.13 bits per heavy atom. The van der Waals surface area contributed by atoms with Crippen LogP contribution < -0.4 is 5.32 Å². The van der Waals surface area contributed by atoms with Gasteiger partial charge in [0.1, 0.15) is 0 Å². The van der Waals surface area contributed by atoms with Crippen LogP contribution >= 0.6 is 0 Å². The number of hydrogen-bond donors (Lipinski definition) is 1. The maximum absolute atomic E-state index is 11.4. The molecule has 2 aromatic rings. The van der Waals surface area contributed by atoms with Gasteiger partial charge in [-0.25, -0.2) is 0 Å². The van der Waals surface area contributed by atoms with E-state index in [-0.39, 0.29) is 17.6 Å². The van der Waals surface area contributed by atoms with E-state index in [0.29, 0.717) is 6.42 Å². The van der Waals surface area contributed by atoms with E-state index >= 15 is 0 Å². The Bertz CT molecular complexity index is 681. The molecule has 0 bridgehead atoms. The molecule has 6 heteroatoms. The number of rotatable bonds is 6. The van der Waals surface area contributed by atoms with Crippen molar-refractivity contribution >= 4 is 23.0 Å². The van der Waals surface area contributed by atoms with E-state index < -0.39 is 4.92 Å². The van der Waals surface area contributed by atoms with Crippen molar-refractivity contribution in [3.8, 4) is 0 Å². The van der Waals surface area contributed by atoms with Crippen LogP contribution in [0.3, 0.4) is 0 Å². The van der Waals surface area contributed by atoms with Gasteiger partial charge in [0.2, 0.25) is 0 Å². The molecule has 23 heavy (non-hydrogen) atoms. The molecule has 0 radical (unpaired) electrons. The van der Waals surface area contributed by atoms with E-state index in [9.17, 15) is 14.9 Å². The van der Waals surface area contributed by atoms with E-state index in [1.807, 2.05) is 31.2 Å². The molecule has 1 unspecified atom stereocenters. The topological polar surface area (TPSA) is 81.5 Å². The number of methoxy groups -OCH3 is 1. The Kier molecular flexibility index (Phi) is 5.30. The average molecular weight is 314 g/mol. The molecule has 0 aromatic heterocycles. The zero-order chi connectivity index (χ0) is 16.8. The van der Waals surface area contributed by atoms with Crippen LogP contribution in [0.4, 0.5) is 17.1 Å². The van der Waals surface area contributed by atoms with Gasteiger partial charge < -0.3 is 10.1 Å². The van der Waals surface area contributed by atoms with E-state index in [4.69, 9.17) is 4.74 Å². The number of esters is 1. The summed E-state index contributed by atoms with van der Waals surface area (Å²) < 4.78 is 4.71. The normalized spacial score (nSPS) is 11.6. The predicted octanol–water partition coefficient (Wildman–Crippen LogP) is 3.69. The van der Waals surface area contributed by atoms with Crippen LogP contribution in [0.25, 0.3) is 0 Å². The van der Waals surface area contributed by atoms with Gasteiger partial charge in [0, 0.05) is 23.5 Å². The predicted molar refractivity (Wildman–Crippen MR) is 87.7 cm³/mol. The summed E-state index contributed by atoms with van der Waals surface area (Å²) in [7, 11) is 1.38. The first-order valence-corrected chi connectivity index (χ1v) is 7.18. The maximum atomic E-state index is 11.4. The molecule has 1 atom stereocenters. The summed E-state index contributed by atoms with van der Waals surface area (Å²) in [6.45, 7) is 1.83. The first kappa shape index (κ1) is 16.5. The van der Waals surface area contributed by atoms with Gasteiger partial charge in [-0.3, -0.25) is 14.9 Å². The zero-order valence-corrected chi connectivity index (χ0v) is 13.0. The minimum absolute atomic E-state index is 0.0581. The van der Waals surface area contributed by atoms with Gasteiger partial charge in [-0.05, 0) is 36.2 Å². The van der Waals surface area contributed by atoms with Gasteiger partial charge in [0.05, 0.1) is 18.0 Å². The number of nitrogens with zero attached hydrogens (tertiary/aromatic N) is 1. The Hall–Kier alpha value is -2.89. The first-order valence-electron chi connectivity index (χ1n) is 7.18. The van der Waals surface area contributed by atoms with Crippen molar-refractivity contribution in [2.24, 2.45) is 5.92 Å². The molecule has 0 aliphatic heterocycles. The van der Waals surface area contributed by atoms with E-state index in [1.165, 1.54) is 19.2 Å². The van der Waals surface area contributed by atoms with Gasteiger partial charge in [-0.2, -0.15) is 0 Å². The Morgan fingerprint density at radius 2 is 1.65 bits per heavy atom. The summed E-state index contributed by atoms with van der Waals surface area (Å²) >= 11 is 0. The van der Waals surface area contributed by atoms with Crippen molar-refractivity contribution in [1.29, 1.82) is 0 Å². The third-order valence-corrected chi connectivity index (χ3v) is 3.47. The molecule has 0 aliphatic carbocycles. The van der Waals surface area contributed by atoms with E-state index in [1.54, 1.807) is 12.1 Å². The quantitative estimate of drug-likeness (QED) is 0.499. The third-order valence-electron chi connectivity index (χ3n) is 3.47. The number of carbonyl (C=O) groups excluding carboxylic acids is 1. The molecular weight excluding hydrogens is 296 g/mol. The lowest BCUT2D eigenvalue weighted by molar-refractivity contribution is -0.384. The molecule has 2 aromatic carbocycles. The molecule has 0 aliphatic rings. The minimum atomic E-state index is -0.430. The fourth-order valence-electron chi connectivity index (χ4n) is 2.20. The van der Waals surface area contributed by atoms with Crippen molar-refractivity contribution < 1.29 is 14.5 Å². The van der Waals surface area contributed by atoms with Crippen LogP contribution in [0.1, 0.15) is 12.5 Å². The largest absolute Gasteiger partial charge is 0.469 e. The highest BCUT2D eigenvalue weighted by Gasteiger charge is 2.13. The average Bonchev–Trinajstić information content (AvgIpc) is 2.56. The van der Waals surface area contributed by atoms with Crippen LogP contribution in [0.5, 0.6) is 0 Å². The number of nitro benzene ring substituents is 1. The monoisotopic (exact) mass is 314 g/mol. The van der Waals surface area contributed by atoms with Crippen molar-refractivity contribution in [3.05, 3.63) is 64.2 Å². The van der Waals surface area contributed by atoms with Crippen LogP contribution in [-0.2, 0) is 16.0 Å². The summed E-state index contributed by atoms with van der Waals surface area (Å²) in [6.07, 6.45) is 0.616. The maximum Gasteiger partial charge on any atom is 0.308 e. The number of anilines is 2. The highest BCUT2D eigenvalue weighted by Crippen LogP contribution is 2.21. The molecule has 0 spiro atoms. The number of benzene rings is 2. The summed E-state index contributed by atoms with van der Waals surface area (Å²) in [5.41, 5.74) is 2.74. The lowest BCUT2D eigenvalue weighted by Gasteiger charge is -2.10.